The maximum atomic E-state index is 13.1. The Hall–Kier alpha value is -2.71. The van der Waals surface area contributed by atoms with E-state index in [9.17, 15) is 14.4 Å². The van der Waals surface area contributed by atoms with Crippen LogP contribution < -0.4 is 0 Å². The number of carbonyl (C=O) groups excluding carboxylic acids is 1. The van der Waals surface area contributed by atoms with E-state index in [2.05, 4.69) is 6.07 Å². The number of halogens is 1. The van der Waals surface area contributed by atoms with Gasteiger partial charge in [0.25, 0.3) is 5.91 Å². The highest BCUT2D eigenvalue weighted by Gasteiger charge is 2.27. The van der Waals surface area contributed by atoms with E-state index < -0.39 is 6.04 Å². The summed E-state index contributed by atoms with van der Waals surface area (Å²) >= 11 is 0. The maximum Gasteiger partial charge on any atom is 0.253 e. The van der Waals surface area contributed by atoms with Gasteiger partial charge in [-0.25, -0.2) is 4.39 Å². The summed E-state index contributed by atoms with van der Waals surface area (Å²) in [6.45, 7) is 4.38. The van der Waals surface area contributed by atoms with Gasteiger partial charge in [-0.1, -0.05) is 29.8 Å². The molecule has 1 fully saturated rings. The van der Waals surface area contributed by atoms with E-state index in [1.165, 1.54) is 12.1 Å². The number of benzene rings is 2. The Morgan fingerprint density at radius 3 is 2.20 bits per heavy atom. The second kappa shape index (κ2) is 7.45. The van der Waals surface area contributed by atoms with Gasteiger partial charge in [-0.2, -0.15) is 5.26 Å². The van der Waals surface area contributed by atoms with Crippen molar-refractivity contribution in [2.24, 2.45) is 0 Å². The second-order valence-electron chi connectivity index (χ2n) is 6.28. The molecule has 0 aromatic heterocycles. The number of nitriles is 1. The molecule has 1 saturated heterocycles. The first-order chi connectivity index (χ1) is 12.1. The van der Waals surface area contributed by atoms with Crippen LogP contribution in [0, 0.1) is 24.1 Å². The van der Waals surface area contributed by atoms with Crippen molar-refractivity contribution in [2.45, 2.75) is 13.0 Å². The van der Waals surface area contributed by atoms with Crippen molar-refractivity contribution >= 4 is 5.91 Å². The van der Waals surface area contributed by atoms with Crippen LogP contribution in [0.2, 0.25) is 0 Å². The van der Waals surface area contributed by atoms with E-state index in [4.69, 9.17) is 0 Å². The molecule has 0 unspecified atom stereocenters. The van der Waals surface area contributed by atoms with Gasteiger partial charge in [-0.3, -0.25) is 9.69 Å². The summed E-state index contributed by atoms with van der Waals surface area (Å²) < 4.78 is 13.1. The number of rotatable bonds is 3. The number of nitrogens with zero attached hydrogens (tertiary/aromatic N) is 3. The Morgan fingerprint density at radius 2 is 1.64 bits per heavy atom. The summed E-state index contributed by atoms with van der Waals surface area (Å²) in [6, 6.07) is 15.5. The minimum atomic E-state index is -0.419. The SMILES string of the molecule is Cc1ccc(C(=O)N2CCN([C@H](C#N)c3ccc(F)cc3)CC2)cc1. The highest BCUT2D eigenvalue weighted by atomic mass is 19.1. The van der Waals surface area contributed by atoms with Gasteiger partial charge in [0.1, 0.15) is 11.9 Å². The molecule has 25 heavy (non-hydrogen) atoms. The van der Waals surface area contributed by atoms with Crippen LogP contribution >= 0.6 is 0 Å². The molecule has 1 atom stereocenters. The van der Waals surface area contributed by atoms with Crippen LogP contribution in [0.4, 0.5) is 4.39 Å². The van der Waals surface area contributed by atoms with Crippen molar-refractivity contribution < 1.29 is 9.18 Å². The number of hydrogen-bond donors (Lipinski definition) is 0. The first kappa shape index (κ1) is 17.1. The molecule has 0 bridgehead atoms. The van der Waals surface area contributed by atoms with E-state index in [0.717, 1.165) is 11.1 Å². The van der Waals surface area contributed by atoms with E-state index >= 15 is 0 Å². The zero-order valence-electron chi connectivity index (χ0n) is 14.2. The lowest BCUT2D eigenvalue weighted by Crippen LogP contribution is -2.49. The first-order valence-electron chi connectivity index (χ1n) is 8.33. The molecule has 0 N–H and O–H groups in total. The van der Waals surface area contributed by atoms with Gasteiger partial charge in [-0.15, -0.1) is 0 Å². The van der Waals surface area contributed by atoms with Gasteiger partial charge < -0.3 is 4.90 Å². The van der Waals surface area contributed by atoms with Gasteiger partial charge >= 0.3 is 0 Å². The Bertz CT molecular complexity index is 772. The normalized spacial score (nSPS) is 16.3. The van der Waals surface area contributed by atoms with Crippen LogP contribution in [0.5, 0.6) is 0 Å². The van der Waals surface area contributed by atoms with Crippen molar-refractivity contribution in [1.29, 1.82) is 5.26 Å². The highest BCUT2D eigenvalue weighted by Crippen LogP contribution is 2.22. The lowest BCUT2D eigenvalue weighted by molar-refractivity contribution is 0.0606. The molecule has 0 aliphatic carbocycles. The number of hydrogen-bond acceptors (Lipinski definition) is 3. The minimum Gasteiger partial charge on any atom is -0.336 e. The van der Waals surface area contributed by atoms with Gasteiger partial charge in [0.05, 0.1) is 6.07 Å². The van der Waals surface area contributed by atoms with Crippen molar-refractivity contribution in [2.75, 3.05) is 26.2 Å². The third-order valence-corrected chi connectivity index (χ3v) is 4.57. The molecular weight excluding hydrogens is 317 g/mol. The van der Waals surface area contributed by atoms with Gasteiger partial charge in [-0.05, 0) is 36.8 Å². The number of amides is 1. The topological polar surface area (TPSA) is 47.3 Å². The molecule has 128 valence electrons. The van der Waals surface area contributed by atoms with Crippen molar-refractivity contribution in [1.82, 2.24) is 9.80 Å². The van der Waals surface area contributed by atoms with Gasteiger partial charge in [0.2, 0.25) is 0 Å². The van der Waals surface area contributed by atoms with E-state index in [0.29, 0.717) is 31.7 Å². The molecule has 2 aromatic carbocycles. The predicted molar refractivity (Wildman–Crippen MR) is 93.4 cm³/mol. The van der Waals surface area contributed by atoms with Crippen molar-refractivity contribution in [3.8, 4) is 6.07 Å². The Labute approximate surface area is 147 Å². The zero-order chi connectivity index (χ0) is 17.8. The van der Waals surface area contributed by atoms with Crippen molar-refractivity contribution in [3.05, 3.63) is 71.0 Å². The van der Waals surface area contributed by atoms with Crippen LogP contribution in [0.3, 0.4) is 0 Å². The molecule has 0 radical (unpaired) electrons. The molecule has 1 aliphatic rings. The van der Waals surface area contributed by atoms with E-state index in [1.807, 2.05) is 41.0 Å². The van der Waals surface area contributed by atoms with Crippen LogP contribution in [0.1, 0.15) is 27.5 Å². The third-order valence-electron chi connectivity index (χ3n) is 4.57. The molecule has 5 heteroatoms. The summed E-state index contributed by atoms with van der Waals surface area (Å²) in [7, 11) is 0. The molecule has 0 spiro atoms. The predicted octanol–water partition coefficient (Wildman–Crippen LogP) is 3.16. The summed E-state index contributed by atoms with van der Waals surface area (Å²) in [5.74, 6) is -0.288. The zero-order valence-corrected chi connectivity index (χ0v) is 14.2. The summed E-state index contributed by atoms with van der Waals surface area (Å²) in [5, 5.41) is 9.51. The fourth-order valence-corrected chi connectivity index (χ4v) is 3.07. The number of carbonyl (C=O) groups is 1. The molecule has 4 nitrogen and oxygen atoms in total. The first-order valence-corrected chi connectivity index (χ1v) is 8.33. The average Bonchev–Trinajstić information content (AvgIpc) is 2.64. The smallest absolute Gasteiger partial charge is 0.253 e. The van der Waals surface area contributed by atoms with Crippen LogP contribution in [-0.2, 0) is 0 Å². The molecule has 1 heterocycles. The van der Waals surface area contributed by atoms with Crippen molar-refractivity contribution in [3.63, 3.8) is 0 Å². The maximum absolute atomic E-state index is 13.1. The minimum absolute atomic E-state index is 0.0231. The molecule has 3 rings (SSSR count). The average molecular weight is 337 g/mol. The standard InChI is InChI=1S/C20H20FN3O/c1-15-2-4-17(5-3-15)20(25)24-12-10-23(11-13-24)19(14-22)16-6-8-18(21)9-7-16/h2-9,19H,10-13H2,1H3/t19-/m1/s1. The van der Waals surface area contributed by atoms with Gasteiger partial charge in [0.15, 0.2) is 0 Å². The lowest BCUT2D eigenvalue weighted by atomic mass is 10.1. The fourth-order valence-electron chi connectivity index (χ4n) is 3.07. The van der Waals surface area contributed by atoms with Gasteiger partial charge in [0, 0.05) is 31.7 Å². The number of aryl methyl sites for hydroxylation is 1. The third kappa shape index (κ3) is 3.86. The molecule has 1 aliphatic heterocycles. The largest absolute Gasteiger partial charge is 0.336 e. The van der Waals surface area contributed by atoms with Crippen LogP contribution in [-0.4, -0.2) is 41.9 Å². The fraction of sp³-hybridized carbons (Fsp3) is 0.300. The molecular formula is C20H20FN3O. The van der Waals surface area contributed by atoms with E-state index in [-0.39, 0.29) is 11.7 Å². The quantitative estimate of drug-likeness (QED) is 0.864. The summed E-state index contributed by atoms with van der Waals surface area (Å²) in [4.78, 5) is 16.4. The highest BCUT2D eigenvalue weighted by molar-refractivity contribution is 5.94. The lowest BCUT2D eigenvalue weighted by Gasteiger charge is -2.37. The molecule has 1 amide bonds. The summed E-state index contributed by atoms with van der Waals surface area (Å²) in [5.41, 5.74) is 2.59. The van der Waals surface area contributed by atoms with E-state index in [1.54, 1.807) is 12.1 Å². The Kier molecular flexibility index (Phi) is 5.11. The monoisotopic (exact) mass is 337 g/mol. The number of piperazine rings is 1. The Morgan fingerprint density at radius 1 is 1.04 bits per heavy atom. The second-order valence-corrected chi connectivity index (χ2v) is 6.28. The summed E-state index contributed by atoms with van der Waals surface area (Å²) in [6.07, 6.45) is 0. The molecule has 0 saturated carbocycles. The van der Waals surface area contributed by atoms with Crippen LogP contribution in [0.25, 0.3) is 0 Å². The van der Waals surface area contributed by atoms with Crippen LogP contribution in [0.15, 0.2) is 48.5 Å². The molecule has 2 aromatic rings. The Balaban J connectivity index is 1.64.